The molecule has 174 valence electrons. The van der Waals surface area contributed by atoms with E-state index in [0.717, 1.165) is 43.2 Å². The first-order chi connectivity index (χ1) is 15.7. The molecule has 1 unspecified atom stereocenters. The molecule has 2 aromatic carbocycles. The summed E-state index contributed by atoms with van der Waals surface area (Å²) in [5, 5.41) is 19.4. The van der Waals surface area contributed by atoms with Crippen LogP contribution >= 0.6 is 0 Å². The molecule has 0 aromatic heterocycles. The van der Waals surface area contributed by atoms with Gasteiger partial charge < -0.3 is 9.84 Å². The summed E-state index contributed by atoms with van der Waals surface area (Å²) >= 11 is 0. The second-order valence-corrected chi connectivity index (χ2v) is 9.55. The Balaban J connectivity index is 1.63. The highest BCUT2D eigenvalue weighted by atomic mass is 16.5. The summed E-state index contributed by atoms with van der Waals surface area (Å²) in [7, 11) is 0. The number of aryl methyl sites for hydroxylation is 1. The zero-order chi connectivity index (χ0) is 24.0. The van der Waals surface area contributed by atoms with E-state index >= 15 is 0 Å². The van der Waals surface area contributed by atoms with Crippen LogP contribution in [0.1, 0.15) is 96.2 Å². The van der Waals surface area contributed by atoms with Crippen molar-refractivity contribution in [3.63, 3.8) is 0 Å². The minimum Gasteiger partial charge on any atom is -0.493 e. The Labute approximate surface area is 196 Å². The molecule has 1 heterocycles. The van der Waals surface area contributed by atoms with Crippen molar-refractivity contribution < 1.29 is 19.4 Å². The molecular weight excluding hydrogens is 414 g/mol. The molecule has 1 atom stereocenters. The van der Waals surface area contributed by atoms with E-state index in [1.165, 1.54) is 0 Å². The van der Waals surface area contributed by atoms with Crippen molar-refractivity contribution in [2.75, 3.05) is 6.61 Å². The maximum atomic E-state index is 12.8. The number of ketones is 2. The Kier molecular flexibility index (Phi) is 8.05. The smallest absolute Gasteiger partial charge is 0.166 e. The first-order valence-electron chi connectivity index (χ1n) is 11.8. The second kappa shape index (κ2) is 10.8. The Morgan fingerprint density at radius 1 is 1.18 bits per heavy atom. The lowest BCUT2D eigenvalue weighted by molar-refractivity contribution is 0.0777. The molecule has 0 aliphatic carbocycles. The maximum Gasteiger partial charge on any atom is 0.166 e. The average Bonchev–Trinajstić information content (AvgIpc) is 2.81. The van der Waals surface area contributed by atoms with E-state index in [9.17, 15) is 14.7 Å². The van der Waals surface area contributed by atoms with Crippen LogP contribution in [0.3, 0.4) is 0 Å². The van der Waals surface area contributed by atoms with E-state index in [-0.39, 0.29) is 11.6 Å². The summed E-state index contributed by atoms with van der Waals surface area (Å²) < 4.78 is 5.93. The Morgan fingerprint density at radius 2 is 1.97 bits per heavy atom. The lowest BCUT2D eigenvalue weighted by atomic mass is 9.89. The van der Waals surface area contributed by atoms with Gasteiger partial charge in [0.25, 0.3) is 0 Å². The van der Waals surface area contributed by atoms with Gasteiger partial charge in [0.05, 0.1) is 29.4 Å². The molecule has 0 spiro atoms. The topological polar surface area (TPSA) is 87.4 Å². The van der Waals surface area contributed by atoms with Gasteiger partial charge in [0.2, 0.25) is 0 Å². The first-order valence-corrected chi connectivity index (χ1v) is 11.8. The van der Waals surface area contributed by atoms with Crippen LogP contribution in [0.5, 0.6) is 5.75 Å². The van der Waals surface area contributed by atoms with E-state index in [0.29, 0.717) is 47.8 Å². The number of Topliss-reactive ketones (excluding diaryl/α,β-unsaturated/α-hetero) is 2. The molecule has 5 nitrogen and oxygen atoms in total. The number of nitriles is 1. The minimum atomic E-state index is -0.934. The number of nitrogens with zero attached hydrogens (tertiary/aromatic N) is 1. The van der Waals surface area contributed by atoms with Crippen molar-refractivity contribution in [1.82, 2.24) is 0 Å². The Bertz CT molecular complexity index is 1060. The third kappa shape index (κ3) is 6.52. The quantitative estimate of drug-likeness (QED) is 0.577. The summed E-state index contributed by atoms with van der Waals surface area (Å²) in [4.78, 5) is 25.5. The lowest BCUT2D eigenvalue weighted by Gasteiger charge is -2.21. The third-order valence-corrected chi connectivity index (χ3v) is 6.45. The number of carbonyl (C=O) groups excluding carboxylic acids is 2. The summed E-state index contributed by atoms with van der Waals surface area (Å²) in [6.45, 7) is 5.89. The fraction of sp³-hybridized carbons (Fsp3) is 0.464. The van der Waals surface area contributed by atoms with Gasteiger partial charge in [0, 0.05) is 18.4 Å². The van der Waals surface area contributed by atoms with Crippen molar-refractivity contribution in [2.24, 2.45) is 5.92 Å². The average molecular weight is 448 g/mol. The fourth-order valence-corrected chi connectivity index (χ4v) is 4.57. The molecule has 33 heavy (non-hydrogen) atoms. The second-order valence-electron chi connectivity index (χ2n) is 9.55. The summed E-state index contributed by atoms with van der Waals surface area (Å²) in [6.07, 6.45) is 5.17. The van der Waals surface area contributed by atoms with Gasteiger partial charge in [0.15, 0.2) is 11.6 Å². The number of benzene rings is 2. The summed E-state index contributed by atoms with van der Waals surface area (Å²) in [6, 6.07) is 12.6. The van der Waals surface area contributed by atoms with Crippen LogP contribution < -0.4 is 4.74 Å². The fourth-order valence-electron chi connectivity index (χ4n) is 4.57. The molecule has 0 saturated carbocycles. The van der Waals surface area contributed by atoms with Gasteiger partial charge in [-0.3, -0.25) is 9.59 Å². The molecular formula is C28H33NO4. The molecule has 0 saturated heterocycles. The molecule has 0 amide bonds. The molecule has 1 N–H and O–H groups in total. The highest BCUT2D eigenvalue weighted by Crippen LogP contribution is 2.28. The zero-order valence-electron chi connectivity index (χ0n) is 19.8. The van der Waals surface area contributed by atoms with Crippen molar-refractivity contribution in [2.45, 2.75) is 71.3 Å². The van der Waals surface area contributed by atoms with E-state index in [1.807, 2.05) is 19.1 Å². The van der Waals surface area contributed by atoms with Crippen LogP contribution in [0.4, 0.5) is 0 Å². The van der Waals surface area contributed by atoms with Gasteiger partial charge in [-0.05, 0) is 81.3 Å². The third-order valence-electron chi connectivity index (χ3n) is 6.45. The van der Waals surface area contributed by atoms with E-state index < -0.39 is 5.60 Å². The van der Waals surface area contributed by atoms with Gasteiger partial charge in [-0.25, -0.2) is 0 Å². The van der Waals surface area contributed by atoms with Gasteiger partial charge in [0.1, 0.15) is 5.75 Å². The number of hydrogen-bond acceptors (Lipinski definition) is 5. The van der Waals surface area contributed by atoms with Gasteiger partial charge in [-0.15, -0.1) is 0 Å². The number of aliphatic hydroxyl groups is 1. The van der Waals surface area contributed by atoms with Crippen LogP contribution in [0, 0.1) is 24.2 Å². The van der Waals surface area contributed by atoms with Crippen LogP contribution in [0.2, 0.25) is 0 Å². The van der Waals surface area contributed by atoms with Gasteiger partial charge in [-0.1, -0.05) is 25.0 Å². The first kappa shape index (κ1) is 24.7. The Hall–Kier alpha value is -2.97. The standard InChI is InChI=1S/C28H33NO4/c1-19-16-22(10-11-24(19)28(2,3)32)25(30)12-8-20-6-4-5-7-26(31)23-17-21(18-29)9-13-27(23)33-15-14-20/h9-11,13,16-17,20,32H,4-8,12,14-15H2,1-3H3. The van der Waals surface area contributed by atoms with Crippen molar-refractivity contribution in [3.05, 3.63) is 64.2 Å². The predicted octanol–water partition coefficient (Wildman–Crippen LogP) is 5.90. The SMILES string of the molecule is Cc1cc(C(=O)CCC2CCCCC(=O)c3cc(C#N)ccc3OCC2)ccc1C(C)(C)O. The van der Waals surface area contributed by atoms with Crippen LogP contribution in [-0.4, -0.2) is 23.3 Å². The molecule has 5 heteroatoms. The number of carbonyl (C=O) groups is 2. The maximum absolute atomic E-state index is 12.8. The number of fused-ring (bicyclic) bond motifs is 1. The molecule has 0 bridgehead atoms. The predicted molar refractivity (Wildman–Crippen MR) is 128 cm³/mol. The summed E-state index contributed by atoms with van der Waals surface area (Å²) in [5.41, 5.74) is 2.45. The van der Waals surface area contributed by atoms with Crippen LogP contribution in [-0.2, 0) is 5.60 Å². The Morgan fingerprint density at radius 3 is 2.67 bits per heavy atom. The minimum absolute atomic E-state index is 0.0144. The van der Waals surface area contributed by atoms with Crippen LogP contribution in [0.15, 0.2) is 36.4 Å². The van der Waals surface area contributed by atoms with E-state index in [2.05, 4.69) is 6.07 Å². The highest BCUT2D eigenvalue weighted by molar-refractivity contribution is 5.99. The van der Waals surface area contributed by atoms with Gasteiger partial charge >= 0.3 is 0 Å². The van der Waals surface area contributed by atoms with Crippen molar-refractivity contribution in [1.29, 1.82) is 5.26 Å². The molecule has 1 aliphatic rings. The number of rotatable bonds is 5. The number of ether oxygens (including phenoxy) is 1. The summed E-state index contributed by atoms with van der Waals surface area (Å²) in [5.74, 6) is 1.01. The molecule has 1 aliphatic heterocycles. The monoisotopic (exact) mass is 447 g/mol. The molecule has 2 aromatic rings. The number of hydrogen-bond donors (Lipinski definition) is 1. The lowest BCUT2D eigenvalue weighted by Crippen LogP contribution is -2.17. The van der Waals surface area contributed by atoms with E-state index in [4.69, 9.17) is 10.00 Å². The molecule has 0 radical (unpaired) electrons. The highest BCUT2D eigenvalue weighted by Gasteiger charge is 2.21. The van der Waals surface area contributed by atoms with Crippen molar-refractivity contribution >= 4 is 11.6 Å². The molecule has 3 rings (SSSR count). The van der Waals surface area contributed by atoms with Crippen molar-refractivity contribution in [3.8, 4) is 11.8 Å². The largest absolute Gasteiger partial charge is 0.493 e. The van der Waals surface area contributed by atoms with Gasteiger partial charge in [-0.2, -0.15) is 5.26 Å². The zero-order valence-corrected chi connectivity index (χ0v) is 19.8. The van der Waals surface area contributed by atoms with E-state index in [1.54, 1.807) is 38.1 Å². The van der Waals surface area contributed by atoms with Crippen LogP contribution in [0.25, 0.3) is 0 Å². The molecule has 0 fully saturated rings. The normalized spacial score (nSPS) is 17.3.